The van der Waals surface area contributed by atoms with E-state index < -0.39 is 5.82 Å². The van der Waals surface area contributed by atoms with E-state index >= 15 is 0 Å². The number of aromatic amines is 1. The molecule has 0 atom stereocenters. The van der Waals surface area contributed by atoms with Gasteiger partial charge in [-0.05, 0) is 18.2 Å². The Morgan fingerprint density at radius 1 is 1.43 bits per heavy atom. The Hall–Kier alpha value is -1.62. The fourth-order valence-corrected chi connectivity index (χ4v) is 1.15. The SMILES string of the molecule is Fc1cc(Cl)ccc1Nc1cn[nH]n1. The number of halogens is 2. The fourth-order valence-electron chi connectivity index (χ4n) is 0.991. The number of nitrogens with zero attached hydrogens (tertiary/aromatic N) is 2. The second kappa shape index (κ2) is 3.63. The molecule has 0 bridgehead atoms. The van der Waals surface area contributed by atoms with Crippen molar-refractivity contribution in [1.29, 1.82) is 0 Å². The highest BCUT2D eigenvalue weighted by atomic mass is 35.5. The summed E-state index contributed by atoms with van der Waals surface area (Å²) in [7, 11) is 0. The van der Waals surface area contributed by atoms with E-state index in [9.17, 15) is 4.39 Å². The molecule has 1 aromatic heterocycles. The summed E-state index contributed by atoms with van der Waals surface area (Å²) >= 11 is 5.60. The van der Waals surface area contributed by atoms with E-state index in [1.165, 1.54) is 18.3 Å². The van der Waals surface area contributed by atoms with Crippen LogP contribution in [0.4, 0.5) is 15.9 Å². The maximum absolute atomic E-state index is 13.2. The number of benzene rings is 1. The van der Waals surface area contributed by atoms with Gasteiger partial charge < -0.3 is 5.32 Å². The molecule has 2 N–H and O–H groups in total. The standard InChI is InChI=1S/C8H6ClFN4/c9-5-1-2-7(6(10)3-5)12-8-4-11-14-13-8/h1-4H,(H2,11,12,13,14). The predicted octanol–water partition coefficient (Wildman–Crippen LogP) is 2.34. The molecule has 6 heteroatoms. The van der Waals surface area contributed by atoms with E-state index in [4.69, 9.17) is 11.6 Å². The highest BCUT2D eigenvalue weighted by Crippen LogP contribution is 2.21. The maximum atomic E-state index is 13.2. The summed E-state index contributed by atoms with van der Waals surface area (Å²) in [5, 5.41) is 12.8. The molecule has 0 amide bonds. The Morgan fingerprint density at radius 3 is 2.93 bits per heavy atom. The monoisotopic (exact) mass is 212 g/mol. The summed E-state index contributed by atoms with van der Waals surface area (Å²) in [6.45, 7) is 0. The Morgan fingerprint density at radius 2 is 2.29 bits per heavy atom. The van der Waals surface area contributed by atoms with E-state index in [-0.39, 0.29) is 0 Å². The van der Waals surface area contributed by atoms with Crippen molar-refractivity contribution in [2.24, 2.45) is 0 Å². The zero-order valence-electron chi connectivity index (χ0n) is 6.96. The van der Waals surface area contributed by atoms with E-state index in [1.54, 1.807) is 6.07 Å². The molecular weight excluding hydrogens is 207 g/mol. The highest BCUT2D eigenvalue weighted by molar-refractivity contribution is 6.30. The van der Waals surface area contributed by atoms with Gasteiger partial charge in [0.25, 0.3) is 0 Å². The number of H-pyrrole nitrogens is 1. The van der Waals surface area contributed by atoms with E-state index in [0.717, 1.165) is 0 Å². The average molecular weight is 213 g/mol. The Balaban J connectivity index is 2.25. The quantitative estimate of drug-likeness (QED) is 0.804. The lowest BCUT2D eigenvalue weighted by Gasteiger charge is -2.03. The third-order valence-electron chi connectivity index (χ3n) is 1.61. The average Bonchev–Trinajstić information content (AvgIpc) is 2.62. The molecule has 4 nitrogen and oxygen atoms in total. The van der Waals surface area contributed by atoms with Crippen LogP contribution in [0.25, 0.3) is 0 Å². The smallest absolute Gasteiger partial charge is 0.172 e. The molecule has 0 aliphatic rings. The Labute approximate surface area is 84.1 Å². The molecule has 0 aliphatic heterocycles. The first-order valence-electron chi connectivity index (χ1n) is 3.83. The van der Waals surface area contributed by atoms with Crippen molar-refractivity contribution in [2.45, 2.75) is 0 Å². The second-order valence-corrected chi connectivity index (χ2v) is 3.04. The Bertz CT molecular complexity index is 429. The molecule has 0 spiro atoms. The third-order valence-corrected chi connectivity index (χ3v) is 1.84. The minimum Gasteiger partial charge on any atom is -0.335 e. The molecule has 2 rings (SSSR count). The molecule has 2 aromatic rings. The lowest BCUT2D eigenvalue weighted by atomic mass is 10.3. The summed E-state index contributed by atoms with van der Waals surface area (Å²) in [6.07, 6.45) is 1.45. The molecule has 14 heavy (non-hydrogen) atoms. The number of rotatable bonds is 2. The summed E-state index contributed by atoms with van der Waals surface area (Å²) in [5.41, 5.74) is 0.309. The largest absolute Gasteiger partial charge is 0.335 e. The topological polar surface area (TPSA) is 53.6 Å². The minimum absolute atomic E-state index is 0.309. The van der Waals surface area contributed by atoms with Crippen LogP contribution in [0.5, 0.6) is 0 Å². The predicted molar refractivity (Wildman–Crippen MR) is 51.1 cm³/mol. The van der Waals surface area contributed by atoms with E-state index in [0.29, 0.717) is 16.5 Å². The van der Waals surface area contributed by atoms with Gasteiger partial charge in [0.05, 0.1) is 11.9 Å². The first-order valence-corrected chi connectivity index (χ1v) is 4.21. The van der Waals surface area contributed by atoms with Crippen molar-refractivity contribution >= 4 is 23.1 Å². The van der Waals surface area contributed by atoms with E-state index in [2.05, 4.69) is 20.7 Å². The number of nitrogens with one attached hydrogen (secondary N) is 2. The molecule has 0 aliphatic carbocycles. The molecule has 0 unspecified atom stereocenters. The van der Waals surface area contributed by atoms with Gasteiger partial charge in [-0.15, -0.1) is 5.10 Å². The van der Waals surface area contributed by atoms with Gasteiger partial charge in [-0.1, -0.05) is 11.6 Å². The number of aromatic nitrogens is 3. The summed E-state index contributed by atoms with van der Waals surface area (Å²) in [4.78, 5) is 0. The lowest BCUT2D eigenvalue weighted by Crippen LogP contribution is -1.93. The van der Waals surface area contributed by atoms with Gasteiger partial charge in [0.1, 0.15) is 5.82 Å². The van der Waals surface area contributed by atoms with Crippen LogP contribution in [-0.2, 0) is 0 Å². The molecule has 0 saturated heterocycles. The fraction of sp³-hybridized carbons (Fsp3) is 0. The van der Waals surface area contributed by atoms with Gasteiger partial charge in [-0.3, -0.25) is 0 Å². The lowest BCUT2D eigenvalue weighted by molar-refractivity contribution is 0.632. The summed E-state index contributed by atoms with van der Waals surface area (Å²) in [6, 6.07) is 4.35. The van der Waals surface area contributed by atoms with Gasteiger partial charge in [-0.2, -0.15) is 10.3 Å². The summed E-state index contributed by atoms with van der Waals surface area (Å²) < 4.78 is 13.2. The van der Waals surface area contributed by atoms with E-state index in [1.807, 2.05) is 0 Å². The molecule has 0 radical (unpaired) electrons. The minimum atomic E-state index is -0.430. The molecular formula is C8H6ClFN4. The molecule has 0 fully saturated rings. The summed E-state index contributed by atoms with van der Waals surface area (Å²) in [5.74, 6) is 0.0201. The zero-order valence-corrected chi connectivity index (χ0v) is 7.72. The zero-order chi connectivity index (χ0) is 9.97. The molecule has 1 heterocycles. The third kappa shape index (κ3) is 1.82. The van der Waals surface area contributed by atoms with Crippen molar-refractivity contribution in [3.05, 3.63) is 35.2 Å². The van der Waals surface area contributed by atoms with Crippen LogP contribution in [0.1, 0.15) is 0 Å². The first-order chi connectivity index (χ1) is 6.75. The normalized spacial score (nSPS) is 10.1. The van der Waals surface area contributed by atoms with Gasteiger partial charge in [0.2, 0.25) is 0 Å². The van der Waals surface area contributed by atoms with Crippen molar-refractivity contribution in [3.8, 4) is 0 Å². The van der Waals surface area contributed by atoms with Crippen LogP contribution in [0.15, 0.2) is 24.4 Å². The van der Waals surface area contributed by atoms with Gasteiger partial charge >= 0.3 is 0 Å². The number of hydrogen-bond donors (Lipinski definition) is 2. The molecule has 1 aromatic carbocycles. The first kappa shape index (κ1) is 8.96. The van der Waals surface area contributed by atoms with Crippen LogP contribution in [0.3, 0.4) is 0 Å². The van der Waals surface area contributed by atoms with Crippen LogP contribution in [-0.4, -0.2) is 15.4 Å². The maximum Gasteiger partial charge on any atom is 0.172 e. The van der Waals surface area contributed by atoms with Gasteiger partial charge in [0.15, 0.2) is 5.82 Å². The van der Waals surface area contributed by atoms with Crippen LogP contribution in [0, 0.1) is 5.82 Å². The van der Waals surface area contributed by atoms with Crippen molar-refractivity contribution < 1.29 is 4.39 Å². The van der Waals surface area contributed by atoms with Crippen molar-refractivity contribution in [1.82, 2.24) is 15.4 Å². The van der Waals surface area contributed by atoms with Gasteiger partial charge in [0, 0.05) is 5.02 Å². The molecule has 72 valence electrons. The van der Waals surface area contributed by atoms with Crippen molar-refractivity contribution in [3.63, 3.8) is 0 Å². The van der Waals surface area contributed by atoms with Crippen LogP contribution in [0.2, 0.25) is 5.02 Å². The van der Waals surface area contributed by atoms with Crippen molar-refractivity contribution in [2.75, 3.05) is 5.32 Å². The second-order valence-electron chi connectivity index (χ2n) is 2.60. The number of hydrogen-bond acceptors (Lipinski definition) is 3. The Kier molecular flexibility index (Phi) is 2.32. The molecule has 0 saturated carbocycles. The number of anilines is 2. The van der Waals surface area contributed by atoms with Crippen LogP contribution >= 0.6 is 11.6 Å². The highest BCUT2D eigenvalue weighted by Gasteiger charge is 2.03. The van der Waals surface area contributed by atoms with Crippen LogP contribution < -0.4 is 5.32 Å². The van der Waals surface area contributed by atoms with Gasteiger partial charge in [-0.25, -0.2) is 4.39 Å².